The number of nitrogen functional groups attached to an aromatic ring is 1. The van der Waals surface area contributed by atoms with E-state index in [-0.39, 0.29) is 11.7 Å². The molecule has 1 heterocycles. The summed E-state index contributed by atoms with van der Waals surface area (Å²) < 4.78 is 5.87. The summed E-state index contributed by atoms with van der Waals surface area (Å²) in [4.78, 5) is 4.01. The summed E-state index contributed by atoms with van der Waals surface area (Å²) in [6, 6.07) is 19.7. The maximum Gasteiger partial charge on any atom is 0.161 e. The average Bonchev–Trinajstić information content (AvgIpc) is 2.99. The van der Waals surface area contributed by atoms with Crippen LogP contribution in [0.4, 0.5) is 5.82 Å². The summed E-state index contributed by atoms with van der Waals surface area (Å²) in [6.45, 7) is 2.74. The smallest absolute Gasteiger partial charge is 0.161 e. The highest BCUT2D eigenvalue weighted by Gasteiger charge is 2.27. The van der Waals surface area contributed by atoms with Gasteiger partial charge in [0.1, 0.15) is 5.82 Å². The second-order valence-corrected chi connectivity index (χ2v) is 11.8. The largest absolute Gasteiger partial charge is 0.504 e. The van der Waals surface area contributed by atoms with Crippen LogP contribution in [0.5, 0.6) is 11.5 Å². The Morgan fingerprint density at radius 2 is 1.79 bits per heavy atom. The molecule has 4 rings (SSSR count). The van der Waals surface area contributed by atoms with E-state index in [1.165, 1.54) is 5.56 Å². The molecular weight excluding hydrogens is 524 g/mol. The highest BCUT2D eigenvalue weighted by Crippen LogP contribution is 2.30. The Morgan fingerprint density at radius 1 is 1.00 bits per heavy atom. The first-order valence-corrected chi connectivity index (χ1v) is 15.4. The molecule has 0 spiro atoms. The van der Waals surface area contributed by atoms with Crippen LogP contribution in [0, 0.1) is 29.6 Å². The van der Waals surface area contributed by atoms with Crippen LogP contribution in [-0.4, -0.2) is 39.1 Å². The van der Waals surface area contributed by atoms with E-state index in [9.17, 15) is 15.3 Å². The molecule has 5 atom stereocenters. The van der Waals surface area contributed by atoms with E-state index in [4.69, 9.17) is 10.5 Å². The summed E-state index contributed by atoms with van der Waals surface area (Å²) in [6.07, 6.45) is 8.36. The van der Waals surface area contributed by atoms with Gasteiger partial charge in [-0.15, -0.1) is 5.92 Å². The molecule has 6 nitrogen and oxygen atoms in total. The van der Waals surface area contributed by atoms with Crippen molar-refractivity contribution in [1.29, 1.82) is 0 Å². The Labute approximate surface area is 251 Å². The molecule has 6 heteroatoms. The van der Waals surface area contributed by atoms with Crippen molar-refractivity contribution in [1.82, 2.24) is 4.98 Å². The number of nitrogens with two attached hydrogens (primary N) is 1. The molecule has 224 valence electrons. The van der Waals surface area contributed by atoms with Gasteiger partial charge in [0.2, 0.25) is 0 Å². The van der Waals surface area contributed by atoms with E-state index in [2.05, 4.69) is 48.0 Å². The molecule has 0 fully saturated rings. The van der Waals surface area contributed by atoms with Gasteiger partial charge in [0, 0.05) is 24.5 Å². The number of benzene rings is 2. The van der Waals surface area contributed by atoms with Gasteiger partial charge >= 0.3 is 0 Å². The lowest BCUT2D eigenvalue weighted by Crippen LogP contribution is -2.32. The van der Waals surface area contributed by atoms with Gasteiger partial charge in [0.05, 0.1) is 18.8 Å². The Kier molecular flexibility index (Phi) is 12.1. The number of aliphatic hydroxyl groups is 2. The number of hydrogen-bond acceptors (Lipinski definition) is 6. The van der Waals surface area contributed by atoms with E-state index >= 15 is 0 Å². The van der Waals surface area contributed by atoms with Gasteiger partial charge in [0.15, 0.2) is 11.5 Å². The number of aromatic hydroxyl groups is 1. The summed E-state index contributed by atoms with van der Waals surface area (Å²) in [5, 5.41) is 32.4. The lowest BCUT2D eigenvalue weighted by atomic mass is 9.82. The molecule has 5 unspecified atom stereocenters. The van der Waals surface area contributed by atoms with Crippen molar-refractivity contribution in [3.8, 4) is 23.3 Å². The summed E-state index contributed by atoms with van der Waals surface area (Å²) in [5.41, 5.74) is 9.16. The maximum absolute atomic E-state index is 11.2. The van der Waals surface area contributed by atoms with Crippen LogP contribution < -0.4 is 10.5 Å². The summed E-state index contributed by atoms with van der Waals surface area (Å²) in [5.74, 6) is 8.40. The van der Waals surface area contributed by atoms with Gasteiger partial charge in [0.25, 0.3) is 0 Å². The molecule has 2 aromatic carbocycles. The summed E-state index contributed by atoms with van der Waals surface area (Å²) >= 11 is 0. The lowest BCUT2D eigenvalue weighted by molar-refractivity contribution is 0.00552. The quantitative estimate of drug-likeness (QED) is 0.154. The number of hydrogen-bond donors (Lipinski definition) is 4. The second kappa shape index (κ2) is 16.2. The zero-order valence-electron chi connectivity index (χ0n) is 24.8. The fourth-order valence-electron chi connectivity index (χ4n) is 5.86. The lowest BCUT2D eigenvalue weighted by Gasteiger charge is -2.28. The van der Waals surface area contributed by atoms with Crippen molar-refractivity contribution in [2.45, 2.75) is 83.3 Å². The van der Waals surface area contributed by atoms with Crippen molar-refractivity contribution in [3.05, 3.63) is 83.6 Å². The fourth-order valence-corrected chi connectivity index (χ4v) is 5.86. The number of aryl methyl sites for hydroxylation is 2. The molecule has 1 aliphatic rings. The molecule has 0 saturated heterocycles. The minimum Gasteiger partial charge on any atom is -0.504 e. The molecule has 5 N–H and O–H groups in total. The minimum atomic E-state index is -0.667. The monoisotopic (exact) mass is 570 g/mol. The predicted octanol–water partition coefficient (Wildman–Crippen LogP) is 6.11. The number of aliphatic hydroxyl groups excluding tert-OH is 2. The summed E-state index contributed by atoms with van der Waals surface area (Å²) in [7, 11) is 0. The Morgan fingerprint density at radius 3 is 2.60 bits per heavy atom. The van der Waals surface area contributed by atoms with Crippen LogP contribution in [0.2, 0.25) is 0 Å². The third kappa shape index (κ3) is 9.79. The highest BCUT2D eigenvalue weighted by atomic mass is 16.5. The Bertz CT molecular complexity index is 1300. The number of phenols is 1. The van der Waals surface area contributed by atoms with Gasteiger partial charge in [-0.2, -0.15) is 0 Å². The van der Waals surface area contributed by atoms with Crippen LogP contribution in [0.15, 0.2) is 66.9 Å². The number of anilines is 1. The van der Waals surface area contributed by atoms with Crippen molar-refractivity contribution < 1.29 is 20.1 Å². The van der Waals surface area contributed by atoms with Gasteiger partial charge in [-0.3, -0.25) is 0 Å². The molecule has 0 amide bonds. The van der Waals surface area contributed by atoms with E-state index in [1.54, 1.807) is 12.3 Å². The molecule has 0 radical (unpaired) electrons. The molecular formula is C36H46N2O4. The fraction of sp³-hybridized carbons (Fsp3) is 0.472. The Hall–Kier alpha value is -3.53. The van der Waals surface area contributed by atoms with Crippen molar-refractivity contribution in [2.24, 2.45) is 17.8 Å². The Balaban J connectivity index is 1.30. The van der Waals surface area contributed by atoms with Gasteiger partial charge in [-0.1, -0.05) is 62.1 Å². The number of rotatable bonds is 12. The average molecular weight is 571 g/mol. The molecule has 1 aromatic heterocycles. The van der Waals surface area contributed by atoms with E-state index in [0.29, 0.717) is 55.7 Å². The zero-order chi connectivity index (χ0) is 29.7. The van der Waals surface area contributed by atoms with E-state index in [0.717, 1.165) is 49.7 Å². The van der Waals surface area contributed by atoms with Crippen LogP contribution in [-0.2, 0) is 19.3 Å². The topological polar surface area (TPSA) is 109 Å². The van der Waals surface area contributed by atoms with Crippen LogP contribution >= 0.6 is 0 Å². The van der Waals surface area contributed by atoms with Crippen LogP contribution in [0.3, 0.4) is 0 Å². The van der Waals surface area contributed by atoms with Gasteiger partial charge < -0.3 is 25.8 Å². The normalized spacial score (nSPS) is 20.6. The molecule has 3 aromatic rings. The molecule has 42 heavy (non-hydrogen) atoms. The third-order valence-corrected chi connectivity index (χ3v) is 8.43. The SMILES string of the molecule is CC(Cc1ccccc1)C1C#CCC(C(O)CCc2ccc(O)c(OCCCc3ccnc(N)c3)c2)C(O)CCCC1. The van der Waals surface area contributed by atoms with Crippen LogP contribution in [0.25, 0.3) is 0 Å². The predicted molar refractivity (Wildman–Crippen MR) is 168 cm³/mol. The maximum atomic E-state index is 11.2. The number of ether oxygens (including phenoxy) is 1. The van der Waals surface area contributed by atoms with Crippen molar-refractivity contribution in [2.75, 3.05) is 12.3 Å². The highest BCUT2D eigenvalue weighted by molar-refractivity contribution is 5.42. The molecule has 1 aliphatic carbocycles. The standard InChI is InChI=1S/C36H46N2O4/c1-26(23-27-9-3-2-4-10-27)30-12-5-6-15-32(39)31(14-7-13-30)33(40)18-16-29-17-19-34(41)35(24-29)42-22-8-11-28-20-21-38-36(37)25-28/h2-4,9-10,17,19-21,24-26,30-33,39-41H,5-6,8,11-12,14-16,18,22-23H2,1H3,(H2,37,38). The second-order valence-electron chi connectivity index (χ2n) is 11.8. The van der Waals surface area contributed by atoms with Crippen molar-refractivity contribution in [3.63, 3.8) is 0 Å². The first kappa shape index (κ1) is 31.4. The molecule has 0 saturated carbocycles. The first-order valence-electron chi connectivity index (χ1n) is 15.4. The van der Waals surface area contributed by atoms with E-state index < -0.39 is 12.2 Å². The number of pyridine rings is 1. The zero-order valence-corrected chi connectivity index (χ0v) is 24.8. The van der Waals surface area contributed by atoms with Crippen molar-refractivity contribution >= 4 is 5.82 Å². The van der Waals surface area contributed by atoms with Gasteiger partial charge in [-0.05, 0) is 91.8 Å². The molecule has 0 bridgehead atoms. The number of aromatic nitrogens is 1. The molecule has 0 aliphatic heterocycles. The number of nitrogens with zero attached hydrogens (tertiary/aromatic N) is 1. The van der Waals surface area contributed by atoms with E-state index in [1.807, 2.05) is 30.3 Å². The minimum absolute atomic E-state index is 0.0986. The number of phenolic OH excluding ortho intramolecular Hbond substituents is 1. The van der Waals surface area contributed by atoms with Gasteiger partial charge in [-0.25, -0.2) is 4.98 Å². The van der Waals surface area contributed by atoms with Crippen LogP contribution in [0.1, 0.15) is 68.6 Å². The third-order valence-electron chi connectivity index (χ3n) is 8.43. The first-order chi connectivity index (χ1) is 20.4.